The molecular formula is C21H31IN4OS. The lowest BCUT2D eigenvalue weighted by Crippen LogP contribution is -2.40. The number of nitrogens with zero attached hydrogens (tertiary/aromatic N) is 2. The van der Waals surface area contributed by atoms with E-state index in [0.29, 0.717) is 25.0 Å². The minimum Gasteiger partial charge on any atom is -0.357 e. The predicted molar refractivity (Wildman–Crippen MR) is 130 cm³/mol. The molecule has 7 heteroatoms. The van der Waals surface area contributed by atoms with E-state index in [2.05, 4.69) is 40.1 Å². The maximum atomic E-state index is 12.6. The molecule has 1 heterocycles. The van der Waals surface area contributed by atoms with Crippen LogP contribution in [0.25, 0.3) is 0 Å². The fraction of sp³-hybridized carbons (Fsp3) is 0.429. The van der Waals surface area contributed by atoms with Gasteiger partial charge in [-0.3, -0.25) is 4.79 Å². The van der Waals surface area contributed by atoms with Crippen LogP contribution in [0.2, 0.25) is 0 Å². The Kier molecular flexibility index (Phi) is 11.8. The summed E-state index contributed by atoms with van der Waals surface area (Å²) in [6, 6.07) is 14.3. The Morgan fingerprint density at radius 1 is 1.14 bits per heavy atom. The van der Waals surface area contributed by atoms with E-state index in [1.165, 1.54) is 4.88 Å². The summed E-state index contributed by atoms with van der Waals surface area (Å²) in [5, 5.41) is 8.66. The number of hydrogen-bond donors (Lipinski definition) is 2. The highest BCUT2D eigenvalue weighted by Crippen LogP contribution is 2.19. The van der Waals surface area contributed by atoms with Gasteiger partial charge in [0.15, 0.2) is 5.96 Å². The molecule has 1 unspecified atom stereocenters. The molecule has 0 spiro atoms. The molecule has 0 aliphatic rings. The summed E-state index contributed by atoms with van der Waals surface area (Å²) in [5.74, 6) is 1.12. The molecule has 28 heavy (non-hydrogen) atoms. The van der Waals surface area contributed by atoms with Crippen LogP contribution in [0.5, 0.6) is 0 Å². The lowest BCUT2D eigenvalue weighted by atomic mass is 10.1. The molecule has 1 aromatic heterocycles. The highest BCUT2D eigenvalue weighted by molar-refractivity contribution is 14.0. The predicted octanol–water partition coefficient (Wildman–Crippen LogP) is 4.07. The highest BCUT2D eigenvalue weighted by atomic mass is 127. The lowest BCUT2D eigenvalue weighted by Gasteiger charge is -2.21. The first-order valence-corrected chi connectivity index (χ1v) is 10.4. The van der Waals surface area contributed by atoms with Crippen molar-refractivity contribution in [3.8, 4) is 0 Å². The zero-order chi connectivity index (χ0) is 19.5. The van der Waals surface area contributed by atoms with Gasteiger partial charge in [0, 0.05) is 37.0 Å². The Morgan fingerprint density at radius 2 is 1.89 bits per heavy atom. The average molecular weight is 514 g/mol. The first-order valence-electron chi connectivity index (χ1n) is 9.51. The Morgan fingerprint density at radius 3 is 2.50 bits per heavy atom. The summed E-state index contributed by atoms with van der Waals surface area (Å²) in [4.78, 5) is 20.2. The summed E-state index contributed by atoms with van der Waals surface area (Å²) in [6.07, 6.45) is 0. The number of nitrogens with one attached hydrogen (secondary N) is 2. The molecule has 1 atom stereocenters. The normalized spacial score (nSPS) is 12.0. The van der Waals surface area contributed by atoms with Crippen LogP contribution in [0.15, 0.2) is 52.8 Å². The van der Waals surface area contributed by atoms with E-state index in [1.807, 2.05) is 49.1 Å². The van der Waals surface area contributed by atoms with Gasteiger partial charge in [-0.15, -0.1) is 35.3 Å². The van der Waals surface area contributed by atoms with E-state index >= 15 is 0 Å². The lowest BCUT2D eigenvalue weighted by molar-refractivity contribution is -0.130. The monoisotopic (exact) mass is 514 g/mol. The largest absolute Gasteiger partial charge is 0.357 e. The minimum atomic E-state index is 0. The number of amides is 1. The summed E-state index contributed by atoms with van der Waals surface area (Å²) in [7, 11) is 0. The van der Waals surface area contributed by atoms with Gasteiger partial charge in [0.05, 0.1) is 0 Å². The van der Waals surface area contributed by atoms with Crippen molar-refractivity contribution in [2.75, 3.05) is 26.2 Å². The molecule has 0 aliphatic carbocycles. The third-order valence-electron chi connectivity index (χ3n) is 4.27. The van der Waals surface area contributed by atoms with Gasteiger partial charge in [0.2, 0.25) is 5.91 Å². The second-order valence-electron chi connectivity index (χ2n) is 6.39. The number of carbonyl (C=O) groups excluding carboxylic acids is 1. The number of halogens is 1. The quantitative estimate of drug-likeness (QED) is 0.302. The number of rotatable bonds is 9. The Labute approximate surface area is 189 Å². The molecule has 2 N–H and O–H groups in total. The summed E-state index contributed by atoms with van der Waals surface area (Å²) in [6.45, 7) is 9.17. The number of carbonyl (C=O) groups is 1. The van der Waals surface area contributed by atoms with E-state index in [4.69, 9.17) is 0 Å². The van der Waals surface area contributed by atoms with Crippen molar-refractivity contribution < 1.29 is 4.79 Å². The van der Waals surface area contributed by atoms with Crippen molar-refractivity contribution in [3.05, 3.63) is 58.3 Å². The molecule has 2 aromatic rings. The molecule has 5 nitrogen and oxygen atoms in total. The minimum absolute atomic E-state index is 0. The number of benzene rings is 1. The van der Waals surface area contributed by atoms with Crippen molar-refractivity contribution >= 4 is 47.2 Å². The zero-order valence-corrected chi connectivity index (χ0v) is 20.0. The maximum absolute atomic E-state index is 12.6. The number of thiophene rings is 1. The van der Waals surface area contributed by atoms with Crippen molar-refractivity contribution in [3.63, 3.8) is 0 Å². The van der Waals surface area contributed by atoms with E-state index in [1.54, 1.807) is 11.3 Å². The summed E-state index contributed by atoms with van der Waals surface area (Å²) < 4.78 is 0. The smallest absolute Gasteiger partial charge is 0.244 e. The van der Waals surface area contributed by atoms with Gasteiger partial charge in [-0.2, -0.15) is 0 Å². The third kappa shape index (κ3) is 8.18. The van der Waals surface area contributed by atoms with Crippen molar-refractivity contribution in [1.29, 1.82) is 0 Å². The molecule has 154 valence electrons. The molecule has 1 amide bonds. The first-order chi connectivity index (χ1) is 13.1. The Hall–Kier alpha value is -1.61. The van der Waals surface area contributed by atoms with Gasteiger partial charge < -0.3 is 15.5 Å². The summed E-state index contributed by atoms with van der Waals surface area (Å²) in [5.41, 5.74) is 1.13. The number of likely N-dealkylation sites (N-methyl/N-ethyl adjacent to an activating group) is 1. The van der Waals surface area contributed by atoms with Gasteiger partial charge in [-0.25, -0.2) is 4.99 Å². The van der Waals surface area contributed by atoms with Gasteiger partial charge in [-0.1, -0.05) is 43.3 Å². The molecule has 0 bridgehead atoms. The summed E-state index contributed by atoms with van der Waals surface area (Å²) >= 11 is 1.76. The Balaban J connectivity index is 0.00000392. The molecular weight excluding hydrogens is 483 g/mol. The molecule has 0 aliphatic heterocycles. The van der Waals surface area contributed by atoms with E-state index in [0.717, 1.165) is 18.7 Å². The van der Waals surface area contributed by atoms with E-state index < -0.39 is 0 Å². The molecule has 2 rings (SSSR count). The van der Waals surface area contributed by atoms with E-state index in [-0.39, 0.29) is 36.4 Å². The first kappa shape index (κ1) is 24.4. The fourth-order valence-corrected chi connectivity index (χ4v) is 3.48. The number of hydrogen-bond acceptors (Lipinski definition) is 3. The molecule has 0 saturated carbocycles. The van der Waals surface area contributed by atoms with Crippen LogP contribution in [0, 0.1) is 0 Å². The highest BCUT2D eigenvalue weighted by Gasteiger charge is 2.12. The van der Waals surface area contributed by atoms with Crippen molar-refractivity contribution in [2.45, 2.75) is 33.2 Å². The van der Waals surface area contributed by atoms with Crippen LogP contribution in [-0.2, 0) is 11.3 Å². The van der Waals surface area contributed by atoms with Crippen LogP contribution in [-0.4, -0.2) is 42.9 Å². The molecule has 0 fully saturated rings. The molecule has 0 saturated heterocycles. The number of guanidine groups is 1. The number of aliphatic imine (C=N–C) groups is 1. The fourth-order valence-electron chi connectivity index (χ4n) is 2.69. The molecule has 1 aromatic carbocycles. The van der Waals surface area contributed by atoms with Crippen molar-refractivity contribution in [1.82, 2.24) is 15.5 Å². The SMILES string of the molecule is CCNC(=NCC(=O)N(CC)Cc1ccccc1)NCC(C)c1cccs1.I. The third-order valence-corrected chi connectivity index (χ3v) is 5.38. The Bertz CT molecular complexity index is 706. The van der Waals surface area contributed by atoms with Crippen LogP contribution in [0.3, 0.4) is 0 Å². The maximum Gasteiger partial charge on any atom is 0.244 e. The van der Waals surface area contributed by atoms with Gasteiger partial charge in [0.25, 0.3) is 0 Å². The topological polar surface area (TPSA) is 56.7 Å². The average Bonchev–Trinajstić information content (AvgIpc) is 3.23. The van der Waals surface area contributed by atoms with Crippen LogP contribution < -0.4 is 10.6 Å². The van der Waals surface area contributed by atoms with Gasteiger partial charge in [0.1, 0.15) is 6.54 Å². The van der Waals surface area contributed by atoms with Gasteiger partial charge >= 0.3 is 0 Å². The second kappa shape index (κ2) is 13.5. The standard InChI is InChI=1S/C21H30N4OS.HI/c1-4-22-21(23-14-17(3)19-12-9-13-27-19)24-15-20(26)25(5-2)16-18-10-7-6-8-11-18;/h6-13,17H,4-5,14-16H2,1-3H3,(H2,22,23,24);1H. The molecule has 0 radical (unpaired) electrons. The van der Waals surface area contributed by atoms with Crippen LogP contribution in [0.4, 0.5) is 0 Å². The van der Waals surface area contributed by atoms with Crippen LogP contribution in [0.1, 0.15) is 37.1 Å². The van der Waals surface area contributed by atoms with Crippen LogP contribution >= 0.6 is 35.3 Å². The van der Waals surface area contributed by atoms with E-state index in [9.17, 15) is 4.79 Å². The van der Waals surface area contributed by atoms with Gasteiger partial charge in [-0.05, 0) is 30.9 Å². The van der Waals surface area contributed by atoms with Crippen molar-refractivity contribution in [2.24, 2.45) is 4.99 Å². The zero-order valence-electron chi connectivity index (χ0n) is 16.9. The second-order valence-corrected chi connectivity index (χ2v) is 7.37.